The van der Waals surface area contributed by atoms with Gasteiger partial charge in [-0.25, -0.2) is 15.0 Å². The van der Waals surface area contributed by atoms with Gasteiger partial charge >= 0.3 is 0 Å². The van der Waals surface area contributed by atoms with Gasteiger partial charge in [-0.1, -0.05) is 18.3 Å². The molecule has 2 saturated heterocycles. The first-order chi connectivity index (χ1) is 16.1. The molecular formula is C24H25N7OS. The molecule has 4 aromatic rings. The van der Waals surface area contributed by atoms with Crippen LogP contribution in [0.15, 0.2) is 42.9 Å². The number of aromatic nitrogens is 6. The van der Waals surface area contributed by atoms with Crippen LogP contribution in [0.25, 0.3) is 16.0 Å². The number of pyridine rings is 2. The summed E-state index contributed by atoms with van der Waals surface area (Å²) in [5.41, 5.74) is 2.81. The van der Waals surface area contributed by atoms with Gasteiger partial charge in [-0.2, -0.15) is 10.2 Å². The summed E-state index contributed by atoms with van der Waals surface area (Å²) in [6, 6.07) is 8.15. The normalized spacial score (nSPS) is 24.1. The van der Waals surface area contributed by atoms with Crippen molar-refractivity contribution in [3.8, 4) is 5.69 Å². The van der Waals surface area contributed by atoms with Crippen molar-refractivity contribution in [1.29, 1.82) is 0 Å². The fraction of sp³-hybridized carbons (Fsp3) is 0.417. The van der Waals surface area contributed by atoms with E-state index in [1.807, 2.05) is 37.4 Å². The third kappa shape index (κ3) is 3.51. The molecule has 33 heavy (non-hydrogen) atoms. The quantitative estimate of drug-likeness (QED) is 0.450. The molecule has 8 nitrogen and oxygen atoms in total. The molecule has 7 rings (SSSR count). The molecule has 1 saturated carbocycles. The Morgan fingerprint density at radius 1 is 1.12 bits per heavy atom. The molecule has 4 aromatic heterocycles. The summed E-state index contributed by atoms with van der Waals surface area (Å²) < 4.78 is 0. The first kappa shape index (κ1) is 20.4. The minimum absolute atomic E-state index is 0.0167. The molecule has 3 aliphatic rings. The predicted molar refractivity (Wildman–Crippen MR) is 125 cm³/mol. The molecule has 0 spiro atoms. The first-order valence-corrected chi connectivity index (χ1v) is 12.3. The Bertz CT molecular complexity index is 1280. The number of nitrogens with zero attached hydrogens (tertiary/aromatic N) is 7. The number of aryl methyl sites for hydroxylation is 2. The van der Waals surface area contributed by atoms with Crippen molar-refractivity contribution in [1.82, 2.24) is 34.8 Å². The predicted octanol–water partition coefficient (Wildman–Crippen LogP) is 3.85. The summed E-state index contributed by atoms with van der Waals surface area (Å²) >= 11 is 1.65. The van der Waals surface area contributed by atoms with Crippen molar-refractivity contribution in [3.63, 3.8) is 0 Å². The molecule has 1 unspecified atom stereocenters. The largest absolute Gasteiger partial charge is 0.331 e. The van der Waals surface area contributed by atoms with Gasteiger partial charge in [0, 0.05) is 30.4 Å². The molecule has 0 aromatic carbocycles. The molecule has 3 fully saturated rings. The van der Waals surface area contributed by atoms with Gasteiger partial charge in [0.25, 0.3) is 5.91 Å². The molecule has 6 heterocycles. The van der Waals surface area contributed by atoms with Crippen molar-refractivity contribution in [3.05, 3.63) is 59.3 Å². The van der Waals surface area contributed by atoms with E-state index in [4.69, 9.17) is 4.98 Å². The van der Waals surface area contributed by atoms with Crippen LogP contribution < -0.4 is 0 Å². The molecule has 0 radical (unpaired) electrons. The Hall–Kier alpha value is -3.20. The number of rotatable bonds is 5. The second kappa shape index (κ2) is 7.98. The Morgan fingerprint density at radius 2 is 1.94 bits per heavy atom. The van der Waals surface area contributed by atoms with E-state index in [0.717, 1.165) is 46.7 Å². The Kier molecular flexibility index (Phi) is 4.94. The van der Waals surface area contributed by atoms with Crippen LogP contribution in [0.4, 0.5) is 0 Å². The van der Waals surface area contributed by atoms with Crippen molar-refractivity contribution in [2.45, 2.75) is 51.6 Å². The van der Waals surface area contributed by atoms with Crippen LogP contribution in [0.3, 0.4) is 0 Å². The van der Waals surface area contributed by atoms with E-state index in [-0.39, 0.29) is 18.0 Å². The van der Waals surface area contributed by atoms with Gasteiger partial charge < -0.3 is 4.90 Å². The lowest BCUT2D eigenvalue weighted by molar-refractivity contribution is -0.0573. The highest BCUT2D eigenvalue weighted by Crippen LogP contribution is 2.48. The summed E-state index contributed by atoms with van der Waals surface area (Å²) in [6.07, 6.45) is 8.93. The minimum Gasteiger partial charge on any atom is -0.331 e. The SMILES string of the molecule is Cc1ccc(-n2nccn2)c(C(=O)N2C3CC(C3)[C@@H](C)C2CCc2nc3cccnc3s2)n1. The van der Waals surface area contributed by atoms with Crippen LogP contribution in [0.5, 0.6) is 0 Å². The molecule has 168 valence electrons. The Labute approximate surface area is 195 Å². The highest BCUT2D eigenvalue weighted by molar-refractivity contribution is 7.18. The zero-order valence-electron chi connectivity index (χ0n) is 18.6. The number of hydrogen-bond donors (Lipinski definition) is 0. The maximum atomic E-state index is 14.0. The van der Waals surface area contributed by atoms with Crippen molar-refractivity contribution >= 4 is 27.6 Å². The summed E-state index contributed by atoms with van der Waals surface area (Å²) in [5, 5.41) is 9.57. The van der Waals surface area contributed by atoms with Crippen molar-refractivity contribution in [2.75, 3.05) is 0 Å². The number of thiazole rings is 1. The molecule has 1 aliphatic carbocycles. The fourth-order valence-corrected chi connectivity index (χ4v) is 6.29. The average Bonchev–Trinajstić information content (AvgIpc) is 3.46. The monoisotopic (exact) mass is 459 g/mol. The lowest BCUT2D eigenvalue weighted by Crippen LogP contribution is -2.63. The highest BCUT2D eigenvalue weighted by Gasteiger charge is 2.50. The van der Waals surface area contributed by atoms with E-state index in [2.05, 4.69) is 32.0 Å². The second-order valence-corrected chi connectivity index (χ2v) is 10.2. The number of piperidine rings is 2. The maximum absolute atomic E-state index is 14.0. The van der Waals surface area contributed by atoms with E-state index in [9.17, 15) is 4.79 Å². The number of hydrogen-bond acceptors (Lipinski definition) is 7. The molecule has 2 aliphatic heterocycles. The fourth-order valence-electron chi connectivity index (χ4n) is 5.37. The third-order valence-electron chi connectivity index (χ3n) is 7.20. The first-order valence-electron chi connectivity index (χ1n) is 11.5. The van der Waals surface area contributed by atoms with Gasteiger partial charge in [-0.3, -0.25) is 4.79 Å². The molecule has 2 bridgehead atoms. The maximum Gasteiger partial charge on any atom is 0.275 e. The van der Waals surface area contributed by atoms with Crippen LogP contribution >= 0.6 is 11.3 Å². The van der Waals surface area contributed by atoms with Gasteiger partial charge in [0.15, 0.2) is 5.69 Å². The van der Waals surface area contributed by atoms with Crippen LogP contribution in [0, 0.1) is 18.8 Å². The molecule has 0 N–H and O–H groups in total. The summed E-state index contributed by atoms with van der Waals surface area (Å²) in [4.78, 5) is 32.4. The lowest BCUT2D eigenvalue weighted by atomic mass is 9.64. The third-order valence-corrected chi connectivity index (χ3v) is 8.24. The summed E-state index contributed by atoms with van der Waals surface area (Å²) in [5.74, 6) is 1.12. The Morgan fingerprint density at radius 3 is 2.73 bits per heavy atom. The summed E-state index contributed by atoms with van der Waals surface area (Å²) in [7, 11) is 0. The van der Waals surface area contributed by atoms with E-state index in [1.54, 1.807) is 23.7 Å². The number of amides is 1. The van der Waals surface area contributed by atoms with E-state index in [1.165, 1.54) is 4.80 Å². The zero-order chi connectivity index (χ0) is 22.5. The second-order valence-electron chi connectivity index (χ2n) is 9.14. The van der Waals surface area contributed by atoms with Crippen molar-refractivity contribution < 1.29 is 4.79 Å². The smallest absolute Gasteiger partial charge is 0.275 e. The molecule has 2 atom stereocenters. The van der Waals surface area contributed by atoms with Gasteiger partial charge in [0.1, 0.15) is 16.0 Å². The molecular weight excluding hydrogens is 434 g/mol. The van der Waals surface area contributed by atoms with Crippen LogP contribution in [0.1, 0.15) is 47.4 Å². The number of carbonyl (C=O) groups excluding carboxylic acids is 1. The number of fused-ring (bicyclic) bond motifs is 3. The van der Waals surface area contributed by atoms with E-state index in [0.29, 0.717) is 23.2 Å². The van der Waals surface area contributed by atoms with Crippen LogP contribution in [0.2, 0.25) is 0 Å². The van der Waals surface area contributed by atoms with Crippen molar-refractivity contribution in [2.24, 2.45) is 11.8 Å². The summed E-state index contributed by atoms with van der Waals surface area (Å²) in [6.45, 7) is 4.21. The van der Waals surface area contributed by atoms with Gasteiger partial charge in [-0.05, 0) is 62.3 Å². The highest BCUT2D eigenvalue weighted by atomic mass is 32.1. The van der Waals surface area contributed by atoms with Gasteiger partial charge in [-0.15, -0.1) is 4.80 Å². The lowest BCUT2D eigenvalue weighted by Gasteiger charge is -2.57. The topological polar surface area (TPSA) is 89.7 Å². The van der Waals surface area contributed by atoms with Crippen LogP contribution in [-0.2, 0) is 6.42 Å². The van der Waals surface area contributed by atoms with Gasteiger partial charge in [0.05, 0.1) is 17.4 Å². The Balaban J connectivity index is 1.31. The average molecular weight is 460 g/mol. The molecule has 9 heteroatoms. The minimum atomic E-state index is -0.0167. The standard InChI is InChI=1S/C24H25N7OS/c1-14-5-6-20(31-26-10-11-27-31)22(28-14)24(32)30-17-12-16(13-17)15(2)19(30)7-8-21-29-18-4-3-9-25-23(18)33-21/h3-6,9-11,15-17,19H,7-8,12-13H2,1-2H3/t15-,16?,17?,19?/m1/s1. The molecule has 1 amide bonds. The number of carbonyl (C=O) groups is 1. The zero-order valence-corrected chi connectivity index (χ0v) is 19.4. The van der Waals surface area contributed by atoms with Crippen LogP contribution in [-0.4, -0.2) is 52.8 Å². The van der Waals surface area contributed by atoms with E-state index >= 15 is 0 Å². The van der Waals surface area contributed by atoms with Gasteiger partial charge in [0.2, 0.25) is 0 Å². The van der Waals surface area contributed by atoms with E-state index < -0.39 is 0 Å².